The molecule has 8 heteroatoms. The van der Waals surface area contributed by atoms with Gasteiger partial charge in [-0.3, -0.25) is 4.90 Å². The zero-order chi connectivity index (χ0) is 26.2. The number of anilines is 2. The van der Waals surface area contributed by atoms with E-state index >= 15 is 0 Å². The van der Waals surface area contributed by atoms with Gasteiger partial charge in [0, 0.05) is 31.5 Å². The van der Waals surface area contributed by atoms with Crippen LogP contribution in [0.3, 0.4) is 0 Å². The van der Waals surface area contributed by atoms with E-state index in [9.17, 15) is 22.4 Å². The van der Waals surface area contributed by atoms with Crippen LogP contribution in [0.5, 0.6) is 0 Å². The van der Waals surface area contributed by atoms with Crippen LogP contribution in [0.15, 0.2) is 72.8 Å². The number of alkyl halides is 3. The quantitative estimate of drug-likeness (QED) is 0.336. The molecule has 2 fully saturated rings. The van der Waals surface area contributed by atoms with Crippen LogP contribution in [0.2, 0.25) is 0 Å². The molecule has 3 aromatic rings. The number of likely N-dealkylation sites (tertiary alicyclic amines) is 1. The minimum absolute atomic E-state index is 0.162. The molecular weight excluding hydrogens is 484 g/mol. The molecule has 194 valence electrons. The number of carbonyl (C=O) groups excluding carboxylic acids is 1. The van der Waals surface area contributed by atoms with Crippen molar-refractivity contribution in [2.75, 3.05) is 18.0 Å². The molecule has 1 amide bonds. The summed E-state index contributed by atoms with van der Waals surface area (Å²) in [7, 11) is 0. The second-order valence-corrected chi connectivity index (χ2v) is 9.94. The number of rotatable bonds is 5. The van der Waals surface area contributed by atoms with E-state index in [-0.39, 0.29) is 34.9 Å². The second kappa shape index (κ2) is 10.2. The lowest BCUT2D eigenvalue weighted by molar-refractivity contribution is -0.137. The molecule has 5 rings (SSSR count). The van der Waals surface area contributed by atoms with E-state index in [0.29, 0.717) is 0 Å². The van der Waals surface area contributed by atoms with Gasteiger partial charge in [0.15, 0.2) is 0 Å². The van der Waals surface area contributed by atoms with E-state index in [1.54, 1.807) is 6.07 Å². The fourth-order valence-corrected chi connectivity index (χ4v) is 5.64. The Hall–Kier alpha value is -3.39. The number of amides is 1. The Morgan fingerprint density at radius 1 is 0.973 bits per heavy atom. The molecule has 2 unspecified atom stereocenters. The van der Waals surface area contributed by atoms with Crippen molar-refractivity contribution in [2.45, 2.75) is 38.6 Å². The van der Waals surface area contributed by atoms with Crippen LogP contribution < -0.4 is 4.90 Å². The highest BCUT2D eigenvalue weighted by Gasteiger charge is 2.45. The lowest BCUT2D eigenvalue weighted by atomic mass is 9.94. The van der Waals surface area contributed by atoms with Crippen LogP contribution in [0.4, 0.5) is 33.7 Å². The van der Waals surface area contributed by atoms with Gasteiger partial charge >= 0.3 is 12.3 Å². The third-order valence-corrected chi connectivity index (χ3v) is 7.32. The molecule has 1 aliphatic heterocycles. The maximum Gasteiger partial charge on any atom is 0.419 e. The zero-order valence-electron chi connectivity index (χ0n) is 20.4. The highest BCUT2D eigenvalue weighted by Crippen LogP contribution is 2.41. The van der Waals surface area contributed by atoms with E-state index in [1.165, 1.54) is 41.7 Å². The lowest BCUT2D eigenvalue weighted by Crippen LogP contribution is -2.47. The molecule has 4 nitrogen and oxygen atoms in total. The number of halogens is 4. The maximum absolute atomic E-state index is 14.1. The molecule has 2 aliphatic rings. The first-order valence-corrected chi connectivity index (χ1v) is 12.4. The van der Waals surface area contributed by atoms with Gasteiger partial charge in [0.25, 0.3) is 0 Å². The summed E-state index contributed by atoms with van der Waals surface area (Å²) in [5.41, 5.74) is 1.06. The van der Waals surface area contributed by atoms with Gasteiger partial charge in [-0.25, -0.2) is 14.1 Å². The van der Waals surface area contributed by atoms with Gasteiger partial charge in [-0.05, 0) is 67.3 Å². The van der Waals surface area contributed by atoms with Crippen molar-refractivity contribution < 1.29 is 27.1 Å². The van der Waals surface area contributed by atoms with Crippen LogP contribution in [-0.4, -0.2) is 30.2 Å². The molecule has 2 atom stereocenters. The van der Waals surface area contributed by atoms with Crippen molar-refractivity contribution in [1.82, 2.24) is 4.90 Å². The van der Waals surface area contributed by atoms with Crippen molar-refractivity contribution in [2.24, 2.45) is 11.8 Å². The van der Waals surface area contributed by atoms with E-state index in [0.717, 1.165) is 44.6 Å². The summed E-state index contributed by atoms with van der Waals surface area (Å²) in [4.78, 5) is 17.2. The molecule has 37 heavy (non-hydrogen) atoms. The van der Waals surface area contributed by atoms with Crippen LogP contribution in [-0.2, 0) is 17.5 Å². The maximum atomic E-state index is 14.1. The highest BCUT2D eigenvalue weighted by molar-refractivity contribution is 5.97. The van der Waals surface area contributed by atoms with Crippen LogP contribution in [0.1, 0.15) is 29.5 Å². The largest absolute Gasteiger partial charge is 0.445 e. The van der Waals surface area contributed by atoms with E-state index < -0.39 is 23.7 Å². The van der Waals surface area contributed by atoms with Crippen LogP contribution >= 0.6 is 0 Å². The van der Waals surface area contributed by atoms with E-state index in [4.69, 9.17) is 4.74 Å². The van der Waals surface area contributed by atoms with E-state index in [1.807, 2.05) is 18.2 Å². The standard InChI is InChI=1S/C29H28F4N2O2/c1-19-14-23(29(31,32)33)12-13-26(19)35(25-9-5-8-24(30)15-25)28(36)37-27-21-10-11-22(27)18-34(17-21)16-20-6-3-2-4-7-20/h2-9,12-15,21-22,27H,10-11,16-18H2,1H3. The predicted molar refractivity (Wildman–Crippen MR) is 133 cm³/mol. The molecule has 1 saturated carbocycles. The minimum atomic E-state index is -4.51. The van der Waals surface area contributed by atoms with Gasteiger partial charge in [0.05, 0.1) is 16.9 Å². The number of nitrogens with zero attached hydrogens (tertiary/aromatic N) is 2. The molecule has 0 aromatic heterocycles. The normalized spacial score (nSPS) is 21.6. The predicted octanol–water partition coefficient (Wildman–Crippen LogP) is 7.34. The molecular formula is C29H28F4N2O2. The number of piperidine rings is 1. The molecule has 0 spiro atoms. The number of benzene rings is 3. The Kier molecular flexibility index (Phi) is 6.94. The fourth-order valence-electron chi connectivity index (χ4n) is 5.64. The smallest absolute Gasteiger partial charge is 0.419 e. The molecule has 2 bridgehead atoms. The number of hydrogen-bond acceptors (Lipinski definition) is 3. The molecule has 3 aromatic carbocycles. The summed E-state index contributed by atoms with van der Waals surface area (Å²) < 4.78 is 59.9. The van der Waals surface area contributed by atoms with Crippen LogP contribution in [0.25, 0.3) is 0 Å². The summed E-state index contributed by atoms with van der Waals surface area (Å²) in [5.74, 6) is -0.238. The Labute approximate surface area is 213 Å². The first-order valence-electron chi connectivity index (χ1n) is 12.4. The van der Waals surface area contributed by atoms with Gasteiger partial charge in [-0.15, -0.1) is 0 Å². The summed E-state index contributed by atoms with van der Waals surface area (Å²) in [6.45, 7) is 3.91. The van der Waals surface area contributed by atoms with Gasteiger partial charge in [0.2, 0.25) is 0 Å². The summed E-state index contributed by atoms with van der Waals surface area (Å²) >= 11 is 0. The van der Waals surface area contributed by atoms with Crippen molar-refractivity contribution in [3.63, 3.8) is 0 Å². The van der Waals surface area contributed by atoms with Crippen LogP contribution in [0, 0.1) is 24.6 Å². The first-order chi connectivity index (χ1) is 17.7. The summed E-state index contributed by atoms with van der Waals surface area (Å²) in [6, 6.07) is 18.8. The Morgan fingerprint density at radius 3 is 2.30 bits per heavy atom. The Morgan fingerprint density at radius 2 is 1.68 bits per heavy atom. The first kappa shape index (κ1) is 25.3. The number of aryl methyl sites for hydroxylation is 1. The Balaban J connectivity index is 1.38. The second-order valence-electron chi connectivity index (χ2n) is 9.94. The third-order valence-electron chi connectivity index (χ3n) is 7.32. The van der Waals surface area contributed by atoms with Gasteiger partial charge < -0.3 is 4.74 Å². The fraction of sp³-hybridized carbons (Fsp3) is 0.345. The summed E-state index contributed by atoms with van der Waals surface area (Å²) in [6.07, 6.45) is -3.65. The number of hydrogen-bond donors (Lipinski definition) is 0. The Bertz CT molecular complexity index is 1250. The summed E-state index contributed by atoms with van der Waals surface area (Å²) in [5, 5.41) is 0. The average Bonchev–Trinajstić information content (AvgIpc) is 3.07. The molecule has 1 saturated heterocycles. The third kappa shape index (κ3) is 5.49. The van der Waals surface area contributed by atoms with Crippen molar-refractivity contribution >= 4 is 17.5 Å². The van der Waals surface area contributed by atoms with Gasteiger partial charge in [-0.2, -0.15) is 13.2 Å². The topological polar surface area (TPSA) is 32.8 Å². The molecule has 0 radical (unpaired) electrons. The monoisotopic (exact) mass is 512 g/mol. The van der Waals surface area contributed by atoms with Crippen molar-refractivity contribution in [3.8, 4) is 0 Å². The zero-order valence-corrected chi connectivity index (χ0v) is 20.4. The molecule has 1 aliphatic carbocycles. The SMILES string of the molecule is Cc1cc(C(F)(F)F)ccc1N(C(=O)OC1C2CCC1CN(Cc1ccccc1)C2)c1cccc(F)c1. The highest BCUT2D eigenvalue weighted by atomic mass is 19.4. The lowest BCUT2D eigenvalue weighted by Gasteiger charge is -2.38. The van der Waals surface area contributed by atoms with Gasteiger partial charge in [-0.1, -0.05) is 36.4 Å². The number of carbonyl (C=O) groups is 1. The van der Waals surface area contributed by atoms with E-state index in [2.05, 4.69) is 17.0 Å². The van der Waals surface area contributed by atoms with Gasteiger partial charge in [0.1, 0.15) is 11.9 Å². The number of fused-ring (bicyclic) bond motifs is 2. The van der Waals surface area contributed by atoms with Crippen molar-refractivity contribution in [1.29, 1.82) is 0 Å². The molecule has 0 N–H and O–H groups in total. The minimum Gasteiger partial charge on any atom is -0.445 e. The average molecular weight is 513 g/mol. The van der Waals surface area contributed by atoms with Crippen molar-refractivity contribution in [3.05, 3.63) is 95.3 Å². The number of ether oxygens (including phenoxy) is 1. The molecule has 1 heterocycles.